The monoisotopic (exact) mass is 281 g/mol. The summed E-state index contributed by atoms with van der Waals surface area (Å²) in [6.45, 7) is 0. The molecule has 2 N–H and O–H groups in total. The van der Waals surface area contributed by atoms with E-state index in [-0.39, 0.29) is 21.5 Å². The zero-order chi connectivity index (χ0) is 12.1. The molecular weight excluding hydrogens is 277 g/mol. The molecule has 0 spiro atoms. The maximum Gasteiger partial charge on any atom is 0.164 e. The number of hydrogen-bond acceptors (Lipinski definition) is 4. The van der Waals surface area contributed by atoms with E-state index >= 15 is 0 Å². The van der Waals surface area contributed by atoms with E-state index in [1.165, 1.54) is 12.1 Å². The predicted molar refractivity (Wildman–Crippen MR) is 58.7 cm³/mol. The molecule has 4 nitrogen and oxygen atoms in total. The standard InChI is InChI=1S/C10H5BrFN3O/c11-7-1-2-8(16)10(9(7)12)15-5-6(3-13)4-14/h1-2,5,15-16H. The fourth-order valence-electron chi connectivity index (χ4n) is 0.912. The second kappa shape index (κ2) is 5.15. The molecule has 0 aliphatic heterocycles. The summed E-state index contributed by atoms with van der Waals surface area (Å²) < 4.78 is 13.6. The second-order valence-corrected chi connectivity index (χ2v) is 3.54. The summed E-state index contributed by atoms with van der Waals surface area (Å²) in [5, 5.41) is 28.6. The van der Waals surface area contributed by atoms with Crippen molar-refractivity contribution in [3.8, 4) is 17.9 Å². The first-order chi connectivity index (χ1) is 7.60. The molecule has 1 aromatic rings. The number of halogens is 2. The van der Waals surface area contributed by atoms with Crippen molar-refractivity contribution in [1.82, 2.24) is 0 Å². The molecule has 0 saturated carbocycles. The summed E-state index contributed by atoms with van der Waals surface area (Å²) in [6, 6.07) is 5.82. The lowest BCUT2D eigenvalue weighted by Crippen LogP contribution is -1.94. The number of allylic oxidation sites excluding steroid dienone is 1. The molecule has 0 bridgehead atoms. The Balaban J connectivity index is 3.09. The number of phenolic OH excluding ortho intramolecular Hbond substituents is 1. The summed E-state index contributed by atoms with van der Waals surface area (Å²) >= 11 is 2.94. The minimum atomic E-state index is -0.702. The van der Waals surface area contributed by atoms with E-state index in [0.717, 1.165) is 6.20 Å². The number of benzene rings is 1. The van der Waals surface area contributed by atoms with Crippen LogP contribution in [-0.2, 0) is 0 Å². The van der Waals surface area contributed by atoms with E-state index in [1.807, 2.05) is 0 Å². The van der Waals surface area contributed by atoms with Gasteiger partial charge in [-0.05, 0) is 28.1 Å². The molecule has 0 heterocycles. The van der Waals surface area contributed by atoms with Crippen LogP contribution >= 0.6 is 15.9 Å². The maximum absolute atomic E-state index is 13.5. The van der Waals surface area contributed by atoms with Gasteiger partial charge in [-0.3, -0.25) is 0 Å². The molecule has 0 fully saturated rings. The van der Waals surface area contributed by atoms with Crippen LogP contribution in [0.5, 0.6) is 5.75 Å². The molecule has 0 aliphatic carbocycles. The van der Waals surface area contributed by atoms with Gasteiger partial charge in [0.15, 0.2) is 5.82 Å². The minimum absolute atomic E-state index is 0.164. The molecule has 1 aromatic carbocycles. The van der Waals surface area contributed by atoms with E-state index in [4.69, 9.17) is 10.5 Å². The minimum Gasteiger partial charge on any atom is -0.506 e. The number of aromatic hydroxyl groups is 1. The molecule has 0 radical (unpaired) electrons. The molecule has 6 heteroatoms. The average molecular weight is 282 g/mol. The van der Waals surface area contributed by atoms with Crippen LogP contribution in [-0.4, -0.2) is 5.11 Å². The molecule has 0 saturated heterocycles. The van der Waals surface area contributed by atoms with Gasteiger partial charge in [0.1, 0.15) is 29.1 Å². The van der Waals surface area contributed by atoms with E-state index in [2.05, 4.69) is 21.2 Å². The van der Waals surface area contributed by atoms with Gasteiger partial charge in [0.05, 0.1) is 4.47 Å². The Morgan fingerprint density at radius 3 is 2.62 bits per heavy atom. The zero-order valence-electron chi connectivity index (χ0n) is 7.83. The topological polar surface area (TPSA) is 79.8 Å². The van der Waals surface area contributed by atoms with Crippen molar-refractivity contribution in [2.24, 2.45) is 0 Å². The van der Waals surface area contributed by atoms with Crippen LogP contribution in [0.15, 0.2) is 28.4 Å². The van der Waals surface area contributed by atoms with Crippen LogP contribution in [0.3, 0.4) is 0 Å². The van der Waals surface area contributed by atoms with Crippen molar-refractivity contribution in [3.05, 3.63) is 34.2 Å². The van der Waals surface area contributed by atoms with Gasteiger partial charge in [0.25, 0.3) is 0 Å². The number of anilines is 1. The SMILES string of the molecule is N#CC(C#N)=CNc1c(O)ccc(Br)c1F. The molecular formula is C10H5BrFN3O. The first kappa shape index (κ1) is 12.0. The highest BCUT2D eigenvalue weighted by Gasteiger charge is 2.10. The first-order valence-electron chi connectivity index (χ1n) is 4.04. The van der Waals surface area contributed by atoms with Crippen molar-refractivity contribution in [3.63, 3.8) is 0 Å². The van der Waals surface area contributed by atoms with Crippen molar-refractivity contribution in [2.75, 3.05) is 5.32 Å². The van der Waals surface area contributed by atoms with Crippen LogP contribution in [0.25, 0.3) is 0 Å². The Hall–Kier alpha value is -2.05. The van der Waals surface area contributed by atoms with Crippen molar-refractivity contribution in [1.29, 1.82) is 10.5 Å². The number of hydrogen-bond donors (Lipinski definition) is 2. The average Bonchev–Trinajstić information content (AvgIpc) is 2.29. The molecule has 1 rings (SSSR count). The quantitative estimate of drug-likeness (QED) is 0.645. The normalized spacial score (nSPS) is 8.75. The van der Waals surface area contributed by atoms with Crippen LogP contribution in [0, 0.1) is 28.5 Å². The number of nitriles is 2. The van der Waals surface area contributed by atoms with Crippen molar-refractivity contribution in [2.45, 2.75) is 0 Å². The smallest absolute Gasteiger partial charge is 0.164 e. The fourth-order valence-corrected chi connectivity index (χ4v) is 1.24. The van der Waals surface area contributed by atoms with Gasteiger partial charge in [0, 0.05) is 6.20 Å². The zero-order valence-corrected chi connectivity index (χ0v) is 9.42. The van der Waals surface area contributed by atoms with E-state index in [9.17, 15) is 9.50 Å². The van der Waals surface area contributed by atoms with E-state index in [1.54, 1.807) is 12.1 Å². The van der Waals surface area contributed by atoms with Gasteiger partial charge >= 0.3 is 0 Å². The fraction of sp³-hybridized carbons (Fsp3) is 0. The maximum atomic E-state index is 13.5. The van der Waals surface area contributed by atoms with Gasteiger partial charge < -0.3 is 10.4 Å². The number of phenols is 1. The second-order valence-electron chi connectivity index (χ2n) is 2.68. The predicted octanol–water partition coefficient (Wildman–Crippen LogP) is 2.64. The third kappa shape index (κ3) is 2.50. The summed E-state index contributed by atoms with van der Waals surface area (Å²) in [7, 11) is 0. The Morgan fingerprint density at radius 2 is 2.06 bits per heavy atom. The first-order valence-corrected chi connectivity index (χ1v) is 4.83. The molecule has 80 valence electrons. The third-order valence-corrected chi connectivity index (χ3v) is 2.29. The lowest BCUT2D eigenvalue weighted by atomic mass is 10.2. The highest BCUT2D eigenvalue weighted by atomic mass is 79.9. The van der Waals surface area contributed by atoms with Crippen molar-refractivity contribution >= 4 is 21.6 Å². The van der Waals surface area contributed by atoms with E-state index in [0.29, 0.717) is 0 Å². The van der Waals surface area contributed by atoms with Crippen LogP contribution in [0.4, 0.5) is 10.1 Å². The molecule has 0 unspecified atom stereocenters. The number of rotatable bonds is 2. The Morgan fingerprint density at radius 1 is 1.44 bits per heavy atom. The molecule has 0 aliphatic rings. The van der Waals surface area contributed by atoms with E-state index < -0.39 is 5.82 Å². The number of nitrogens with one attached hydrogen (secondary N) is 1. The van der Waals surface area contributed by atoms with Gasteiger partial charge in [-0.25, -0.2) is 4.39 Å². The van der Waals surface area contributed by atoms with Gasteiger partial charge in [-0.1, -0.05) is 0 Å². The molecule has 0 amide bonds. The van der Waals surface area contributed by atoms with Crippen LogP contribution < -0.4 is 5.32 Å². The summed E-state index contributed by atoms with van der Waals surface area (Å²) in [6.07, 6.45) is 1.02. The summed E-state index contributed by atoms with van der Waals surface area (Å²) in [5.41, 5.74) is -0.420. The van der Waals surface area contributed by atoms with Gasteiger partial charge in [0.2, 0.25) is 0 Å². The largest absolute Gasteiger partial charge is 0.506 e. The highest BCUT2D eigenvalue weighted by Crippen LogP contribution is 2.31. The van der Waals surface area contributed by atoms with Gasteiger partial charge in [-0.2, -0.15) is 10.5 Å². The molecule has 16 heavy (non-hydrogen) atoms. The summed E-state index contributed by atoms with van der Waals surface area (Å²) in [5.74, 6) is -1.02. The Bertz CT molecular complexity index is 512. The van der Waals surface area contributed by atoms with Gasteiger partial charge in [-0.15, -0.1) is 0 Å². The Labute approximate surface area is 99.4 Å². The summed E-state index contributed by atoms with van der Waals surface area (Å²) in [4.78, 5) is 0. The third-order valence-electron chi connectivity index (χ3n) is 1.67. The molecule has 0 atom stereocenters. The molecule has 0 aromatic heterocycles. The lowest BCUT2D eigenvalue weighted by molar-refractivity contribution is 0.472. The van der Waals surface area contributed by atoms with Crippen LogP contribution in [0.1, 0.15) is 0 Å². The Kier molecular flexibility index (Phi) is 3.87. The van der Waals surface area contributed by atoms with Crippen LogP contribution in [0.2, 0.25) is 0 Å². The lowest BCUT2D eigenvalue weighted by Gasteiger charge is -2.06. The van der Waals surface area contributed by atoms with Crippen molar-refractivity contribution < 1.29 is 9.50 Å². The highest BCUT2D eigenvalue weighted by molar-refractivity contribution is 9.10. The number of nitrogens with zero attached hydrogens (tertiary/aromatic N) is 2.